The van der Waals surface area contributed by atoms with Crippen LogP contribution in [0.2, 0.25) is 0 Å². The Labute approximate surface area is 279 Å². The Kier molecular flexibility index (Phi) is 10.6. The Bertz CT molecular complexity index is 1700. The molecule has 10 nitrogen and oxygen atoms in total. The third-order valence-electron chi connectivity index (χ3n) is 8.48. The number of carbonyl (C=O) groups is 3. The molecule has 2 saturated heterocycles. The molecule has 248 valence electrons. The SMILES string of the molecule is CN(Cc1ccccc1)C[C@H]1C[C@@H](c2ccc(CO)cc2)O[C@@H](c2cccc(N3C(=O)CC(NC(=O)OCc4ccccc4)C3=O)c2)O1. The van der Waals surface area contributed by atoms with Gasteiger partial charge in [-0.15, -0.1) is 0 Å². The summed E-state index contributed by atoms with van der Waals surface area (Å²) in [6, 6.07) is 33.1. The van der Waals surface area contributed by atoms with Crippen molar-refractivity contribution in [1.82, 2.24) is 10.2 Å². The third kappa shape index (κ3) is 8.15. The van der Waals surface area contributed by atoms with E-state index < -0.39 is 30.2 Å². The number of amides is 3. The highest BCUT2D eigenvalue weighted by molar-refractivity contribution is 6.22. The molecule has 0 aromatic heterocycles. The minimum atomic E-state index is -1.04. The molecule has 0 bridgehead atoms. The third-order valence-corrected chi connectivity index (χ3v) is 8.48. The van der Waals surface area contributed by atoms with Gasteiger partial charge in [-0.2, -0.15) is 0 Å². The number of hydrogen-bond donors (Lipinski definition) is 2. The van der Waals surface area contributed by atoms with Gasteiger partial charge in [0.25, 0.3) is 5.91 Å². The minimum absolute atomic E-state index is 0.0452. The van der Waals surface area contributed by atoms with Gasteiger partial charge >= 0.3 is 6.09 Å². The molecule has 2 aliphatic heterocycles. The van der Waals surface area contributed by atoms with Crippen molar-refractivity contribution >= 4 is 23.6 Å². The van der Waals surface area contributed by atoms with Crippen LogP contribution in [0.25, 0.3) is 0 Å². The first-order valence-electron chi connectivity index (χ1n) is 16.0. The van der Waals surface area contributed by atoms with Gasteiger partial charge in [0.15, 0.2) is 6.29 Å². The molecular formula is C38H39N3O7. The Morgan fingerprint density at radius 1 is 0.875 bits per heavy atom. The maximum atomic E-state index is 13.4. The maximum Gasteiger partial charge on any atom is 0.408 e. The van der Waals surface area contributed by atoms with Crippen molar-refractivity contribution in [1.29, 1.82) is 0 Å². The number of aliphatic hydroxyl groups is 1. The first-order valence-corrected chi connectivity index (χ1v) is 16.0. The Balaban J connectivity index is 1.16. The van der Waals surface area contributed by atoms with Gasteiger partial charge < -0.3 is 24.6 Å². The number of alkyl carbamates (subject to hydrolysis) is 1. The molecule has 0 spiro atoms. The minimum Gasteiger partial charge on any atom is -0.445 e. The average molecular weight is 650 g/mol. The van der Waals surface area contributed by atoms with Crippen LogP contribution >= 0.6 is 0 Å². The van der Waals surface area contributed by atoms with Crippen LogP contribution in [0.4, 0.5) is 10.5 Å². The normalized spacial score (nSPS) is 21.0. The van der Waals surface area contributed by atoms with Crippen molar-refractivity contribution in [3.05, 3.63) is 137 Å². The number of rotatable bonds is 11. The fourth-order valence-corrected chi connectivity index (χ4v) is 6.07. The molecule has 1 unspecified atom stereocenters. The zero-order chi connectivity index (χ0) is 33.5. The zero-order valence-corrected chi connectivity index (χ0v) is 26.7. The summed E-state index contributed by atoms with van der Waals surface area (Å²) in [6.45, 7) is 1.41. The van der Waals surface area contributed by atoms with Crippen molar-refractivity contribution in [2.45, 2.75) is 57.1 Å². The molecule has 6 rings (SSSR count). The Morgan fingerprint density at radius 2 is 1.58 bits per heavy atom. The van der Waals surface area contributed by atoms with Gasteiger partial charge in [0, 0.05) is 25.1 Å². The van der Waals surface area contributed by atoms with Crippen molar-refractivity contribution < 1.29 is 33.7 Å². The summed E-state index contributed by atoms with van der Waals surface area (Å²) >= 11 is 0. The number of nitrogens with one attached hydrogen (secondary N) is 1. The van der Waals surface area contributed by atoms with E-state index in [9.17, 15) is 19.5 Å². The van der Waals surface area contributed by atoms with E-state index in [0.717, 1.165) is 28.1 Å². The molecule has 0 aliphatic carbocycles. The summed E-state index contributed by atoms with van der Waals surface area (Å²) in [7, 11) is 2.05. The number of likely N-dealkylation sites (N-methyl/N-ethyl adjacent to an activating group) is 1. The summed E-state index contributed by atoms with van der Waals surface area (Å²) < 4.78 is 18.3. The average Bonchev–Trinajstić information content (AvgIpc) is 3.39. The quantitative estimate of drug-likeness (QED) is 0.207. The summed E-state index contributed by atoms with van der Waals surface area (Å²) in [5.74, 6) is -0.972. The van der Waals surface area contributed by atoms with Crippen molar-refractivity contribution in [2.75, 3.05) is 18.5 Å². The second-order valence-corrected chi connectivity index (χ2v) is 12.2. The molecule has 2 N–H and O–H groups in total. The lowest BCUT2D eigenvalue weighted by Crippen LogP contribution is -2.42. The maximum absolute atomic E-state index is 13.4. The van der Waals surface area contributed by atoms with E-state index >= 15 is 0 Å². The molecule has 48 heavy (non-hydrogen) atoms. The summed E-state index contributed by atoms with van der Waals surface area (Å²) in [6.07, 6.45) is -1.58. The molecule has 4 aromatic carbocycles. The highest BCUT2D eigenvalue weighted by Crippen LogP contribution is 2.39. The number of nitrogens with zero attached hydrogens (tertiary/aromatic N) is 2. The molecule has 2 aliphatic rings. The molecule has 4 aromatic rings. The lowest BCUT2D eigenvalue weighted by Gasteiger charge is -2.38. The Hall–Kier alpha value is -4.87. The summed E-state index contributed by atoms with van der Waals surface area (Å²) in [5.41, 5.74) is 4.80. The Morgan fingerprint density at radius 3 is 2.29 bits per heavy atom. The zero-order valence-electron chi connectivity index (χ0n) is 26.7. The second kappa shape index (κ2) is 15.4. The summed E-state index contributed by atoms with van der Waals surface area (Å²) in [4.78, 5) is 42.2. The fraction of sp³-hybridized carbons (Fsp3) is 0.289. The van der Waals surface area contributed by atoms with Crippen LogP contribution in [0.3, 0.4) is 0 Å². The van der Waals surface area contributed by atoms with Gasteiger partial charge in [-0.1, -0.05) is 97.1 Å². The van der Waals surface area contributed by atoms with Crippen molar-refractivity contribution in [3.63, 3.8) is 0 Å². The molecule has 2 fully saturated rings. The van der Waals surface area contributed by atoms with Crippen LogP contribution in [0, 0.1) is 0 Å². The molecule has 4 atom stereocenters. The highest BCUT2D eigenvalue weighted by atomic mass is 16.7. The van der Waals surface area contributed by atoms with Gasteiger partial charge in [-0.05, 0) is 41.4 Å². The van der Waals surface area contributed by atoms with Crippen molar-refractivity contribution in [2.24, 2.45) is 0 Å². The predicted molar refractivity (Wildman–Crippen MR) is 178 cm³/mol. The first-order chi connectivity index (χ1) is 23.4. The van der Waals surface area contributed by atoms with E-state index in [-0.39, 0.29) is 31.8 Å². The van der Waals surface area contributed by atoms with Crippen LogP contribution < -0.4 is 10.2 Å². The largest absolute Gasteiger partial charge is 0.445 e. The van der Waals surface area contributed by atoms with Gasteiger partial charge in [0.05, 0.1) is 30.9 Å². The number of aliphatic hydroxyl groups excluding tert-OH is 1. The topological polar surface area (TPSA) is 118 Å². The monoisotopic (exact) mass is 649 g/mol. The number of imide groups is 1. The molecule has 0 saturated carbocycles. The van der Waals surface area contributed by atoms with Crippen LogP contribution in [0.1, 0.15) is 53.1 Å². The smallest absolute Gasteiger partial charge is 0.408 e. The molecule has 0 radical (unpaired) electrons. The number of anilines is 1. The second-order valence-electron chi connectivity index (χ2n) is 12.2. The number of ether oxygens (including phenoxy) is 3. The van der Waals surface area contributed by atoms with E-state index in [4.69, 9.17) is 14.2 Å². The van der Waals surface area contributed by atoms with Crippen LogP contribution in [-0.2, 0) is 43.6 Å². The van der Waals surface area contributed by atoms with E-state index in [0.29, 0.717) is 24.2 Å². The molecule has 3 amide bonds. The van der Waals surface area contributed by atoms with Gasteiger partial charge in [0.2, 0.25) is 5.91 Å². The molecular weight excluding hydrogens is 610 g/mol. The van der Waals surface area contributed by atoms with Crippen LogP contribution in [-0.4, -0.2) is 53.7 Å². The van der Waals surface area contributed by atoms with Gasteiger partial charge in [-0.25, -0.2) is 9.69 Å². The highest BCUT2D eigenvalue weighted by Gasteiger charge is 2.41. The standard InChI is InChI=1S/C38H39N3O7/c1-40(22-26-9-4-2-5-10-26)23-32-20-34(29-17-15-27(24-42)16-18-29)48-37(47-32)30-13-8-14-31(19-30)41-35(43)21-33(36(41)44)39-38(45)46-25-28-11-6-3-7-12-28/h2-19,32-34,37,42H,20-25H2,1H3,(H,39,45)/t32-,33?,34+,37+/m1/s1. The van der Waals surface area contributed by atoms with Crippen molar-refractivity contribution in [3.8, 4) is 0 Å². The number of carbonyl (C=O) groups excluding carboxylic acids is 3. The van der Waals surface area contributed by atoms with Gasteiger partial charge in [0.1, 0.15) is 12.6 Å². The van der Waals surface area contributed by atoms with E-state index in [1.54, 1.807) is 18.2 Å². The summed E-state index contributed by atoms with van der Waals surface area (Å²) in [5, 5.41) is 12.1. The molecule has 10 heteroatoms. The number of hydrogen-bond acceptors (Lipinski definition) is 8. The fourth-order valence-electron chi connectivity index (χ4n) is 6.07. The lowest BCUT2D eigenvalue weighted by molar-refractivity contribution is -0.252. The number of benzene rings is 4. The molecule has 2 heterocycles. The van der Waals surface area contributed by atoms with Gasteiger partial charge in [-0.3, -0.25) is 14.5 Å². The van der Waals surface area contributed by atoms with E-state index in [1.807, 2.05) is 78.9 Å². The van der Waals surface area contributed by atoms with E-state index in [2.05, 4.69) is 29.4 Å². The predicted octanol–water partition coefficient (Wildman–Crippen LogP) is 5.41. The van der Waals surface area contributed by atoms with Crippen LogP contribution in [0.5, 0.6) is 0 Å². The first kappa shape index (κ1) is 33.0. The van der Waals surface area contributed by atoms with Crippen LogP contribution in [0.15, 0.2) is 109 Å². The lowest BCUT2D eigenvalue weighted by atomic mass is 9.99. The van der Waals surface area contributed by atoms with E-state index in [1.165, 1.54) is 5.56 Å².